The van der Waals surface area contributed by atoms with E-state index < -0.39 is 23.6 Å². The molecule has 21 heavy (non-hydrogen) atoms. The Balaban J connectivity index is 2.42. The van der Waals surface area contributed by atoms with E-state index in [4.69, 9.17) is 0 Å². The minimum Gasteiger partial charge on any atom is -0.465 e. The lowest BCUT2D eigenvalue weighted by Crippen LogP contribution is -2.55. The van der Waals surface area contributed by atoms with Gasteiger partial charge in [-0.1, -0.05) is 12.1 Å². The molecule has 1 atom stereocenters. The molecular formula is C15H18N2O4. The number of carbonyl (C=O) groups excluding carboxylic acids is 2. The second-order valence-corrected chi connectivity index (χ2v) is 6.00. The zero-order valence-corrected chi connectivity index (χ0v) is 12.2. The summed E-state index contributed by atoms with van der Waals surface area (Å²) in [5, 5.41) is 12.1. The Morgan fingerprint density at radius 1 is 1.29 bits per heavy atom. The van der Waals surface area contributed by atoms with Crippen molar-refractivity contribution in [1.82, 2.24) is 4.90 Å². The Hall–Kier alpha value is -2.37. The van der Waals surface area contributed by atoms with E-state index in [0.29, 0.717) is 11.3 Å². The van der Waals surface area contributed by atoms with Gasteiger partial charge in [0.2, 0.25) is 5.91 Å². The molecule has 1 aromatic rings. The summed E-state index contributed by atoms with van der Waals surface area (Å²) in [4.78, 5) is 37.2. The van der Waals surface area contributed by atoms with Gasteiger partial charge in [0, 0.05) is 17.5 Å². The standard InChI is InChI=1S/C15H18N2O4/c1-15(2,3)17(14(20)21)11-8-12(18)9-6-4-5-7-10(9)16-13(11)19/h4-7,11H,8H2,1-3H3,(H,16,19)(H,20,21)/t11-/m1/s1. The molecule has 2 rings (SSSR count). The Morgan fingerprint density at radius 2 is 1.90 bits per heavy atom. The minimum atomic E-state index is -1.22. The Bertz CT molecular complexity index is 604. The first-order chi connectivity index (χ1) is 9.71. The number of nitrogens with zero attached hydrogens (tertiary/aromatic N) is 1. The van der Waals surface area contributed by atoms with Crippen LogP contribution in [-0.2, 0) is 4.79 Å². The monoisotopic (exact) mass is 290 g/mol. The lowest BCUT2D eigenvalue weighted by molar-refractivity contribution is -0.122. The highest BCUT2D eigenvalue weighted by Gasteiger charge is 2.40. The van der Waals surface area contributed by atoms with Crippen LogP contribution >= 0.6 is 0 Å². The number of amides is 2. The number of para-hydroxylation sites is 1. The van der Waals surface area contributed by atoms with E-state index in [1.165, 1.54) is 0 Å². The smallest absolute Gasteiger partial charge is 0.408 e. The summed E-state index contributed by atoms with van der Waals surface area (Å²) in [5.74, 6) is -0.727. The lowest BCUT2D eigenvalue weighted by Gasteiger charge is -2.37. The fraction of sp³-hybridized carbons (Fsp3) is 0.400. The van der Waals surface area contributed by atoms with Crippen LogP contribution in [0.15, 0.2) is 24.3 Å². The number of hydrogen-bond donors (Lipinski definition) is 2. The first-order valence-corrected chi connectivity index (χ1v) is 6.67. The number of nitrogens with one attached hydrogen (secondary N) is 1. The van der Waals surface area contributed by atoms with E-state index in [-0.39, 0.29) is 12.2 Å². The molecule has 0 bridgehead atoms. The molecule has 1 aliphatic heterocycles. The number of Topliss-reactive ketones (excluding diaryl/α,β-unsaturated/α-hetero) is 1. The van der Waals surface area contributed by atoms with Gasteiger partial charge in [0.15, 0.2) is 5.78 Å². The van der Waals surface area contributed by atoms with Crippen LogP contribution in [0.1, 0.15) is 37.6 Å². The predicted molar refractivity (Wildman–Crippen MR) is 77.4 cm³/mol. The van der Waals surface area contributed by atoms with Crippen molar-refractivity contribution in [3.05, 3.63) is 29.8 Å². The fourth-order valence-corrected chi connectivity index (χ4v) is 2.53. The van der Waals surface area contributed by atoms with E-state index in [0.717, 1.165) is 4.90 Å². The van der Waals surface area contributed by atoms with E-state index in [1.54, 1.807) is 45.0 Å². The highest BCUT2D eigenvalue weighted by atomic mass is 16.4. The van der Waals surface area contributed by atoms with E-state index in [1.807, 2.05) is 0 Å². The normalized spacial score (nSPS) is 18.5. The Kier molecular flexibility index (Phi) is 3.72. The summed E-state index contributed by atoms with van der Waals surface area (Å²) in [6.07, 6.45) is -1.38. The zero-order chi connectivity index (χ0) is 15.8. The molecule has 2 amide bonds. The van der Waals surface area contributed by atoms with Crippen LogP contribution in [0.5, 0.6) is 0 Å². The summed E-state index contributed by atoms with van der Waals surface area (Å²) < 4.78 is 0. The summed E-state index contributed by atoms with van der Waals surface area (Å²) >= 11 is 0. The van der Waals surface area contributed by atoms with E-state index >= 15 is 0 Å². The molecule has 0 aromatic heterocycles. The van der Waals surface area contributed by atoms with E-state index in [9.17, 15) is 19.5 Å². The summed E-state index contributed by atoms with van der Waals surface area (Å²) in [7, 11) is 0. The first-order valence-electron chi connectivity index (χ1n) is 6.67. The molecule has 1 aliphatic rings. The van der Waals surface area contributed by atoms with Crippen molar-refractivity contribution in [3.8, 4) is 0 Å². The number of fused-ring (bicyclic) bond motifs is 1. The number of hydrogen-bond acceptors (Lipinski definition) is 3. The molecule has 2 N–H and O–H groups in total. The van der Waals surface area contributed by atoms with Crippen molar-refractivity contribution in [2.24, 2.45) is 0 Å². The maximum absolute atomic E-state index is 12.3. The van der Waals surface area contributed by atoms with Crippen LogP contribution in [0.3, 0.4) is 0 Å². The van der Waals surface area contributed by atoms with Gasteiger partial charge < -0.3 is 10.4 Å². The first kappa shape index (κ1) is 15.0. The molecule has 0 spiro atoms. The van der Waals surface area contributed by atoms with Gasteiger partial charge in [-0.3, -0.25) is 14.5 Å². The molecule has 112 valence electrons. The average Bonchev–Trinajstić information content (AvgIpc) is 2.46. The number of rotatable bonds is 1. The predicted octanol–water partition coefficient (Wildman–Crippen LogP) is 2.36. The lowest BCUT2D eigenvalue weighted by atomic mass is 9.98. The maximum Gasteiger partial charge on any atom is 0.408 e. The third kappa shape index (κ3) is 2.89. The summed E-state index contributed by atoms with van der Waals surface area (Å²) in [6, 6.07) is 5.65. The van der Waals surface area contributed by atoms with Gasteiger partial charge in [-0.05, 0) is 32.9 Å². The second kappa shape index (κ2) is 5.20. The van der Waals surface area contributed by atoms with Gasteiger partial charge >= 0.3 is 6.09 Å². The Labute approximate surface area is 122 Å². The van der Waals surface area contributed by atoms with Gasteiger partial charge in [0.1, 0.15) is 6.04 Å². The molecule has 0 fully saturated rings. The third-order valence-electron chi connectivity index (χ3n) is 3.41. The summed E-state index contributed by atoms with van der Waals surface area (Å²) in [6.45, 7) is 5.07. The van der Waals surface area contributed by atoms with Crippen LogP contribution in [0.2, 0.25) is 0 Å². The van der Waals surface area contributed by atoms with Gasteiger partial charge in [-0.15, -0.1) is 0 Å². The largest absolute Gasteiger partial charge is 0.465 e. The highest BCUT2D eigenvalue weighted by Crippen LogP contribution is 2.27. The van der Waals surface area contributed by atoms with Crippen molar-refractivity contribution in [3.63, 3.8) is 0 Å². The Morgan fingerprint density at radius 3 is 2.48 bits per heavy atom. The molecule has 0 radical (unpaired) electrons. The van der Waals surface area contributed by atoms with Crippen molar-refractivity contribution in [2.45, 2.75) is 38.8 Å². The van der Waals surface area contributed by atoms with Gasteiger partial charge in [0.25, 0.3) is 0 Å². The van der Waals surface area contributed by atoms with Gasteiger partial charge in [-0.2, -0.15) is 0 Å². The number of benzene rings is 1. The molecule has 0 saturated heterocycles. The van der Waals surface area contributed by atoms with Crippen LogP contribution in [0, 0.1) is 0 Å². The van der Waals surface area contributed by atoms with Crippen LogP contribution in [0.4, 0.5) is 10.5 Å². The van der Waals surface area contributed by atoms with Crippen LogP contribution in [-0.4, -0.2) is 39.4 Å². The van der Waals surface area contributed by atoms with E-state index in [2.05, 4.69) is 5.32 Å². The maximum atomic E-state index is 12.3. The third-order valence-corrected chi connectivity index (χ3v) is 3.41. The van der Waals surface area contributed by atoms with Gasteiger partial charge in [-0.25, -0.2) is 4.79 Å². The van der Waals surface area contributed by atoms with Crippen LogP contribution in [0.25, 0.3) is 0 Å². The second-order valence-electron chi connectivity index (χ2n) is 6.00. The van der Waals surface area contributed by atoms with Crippen molar-refractivity contribution >= 4 is 23.5 Å². The van der Waals surface area contributed by atoms with Crippen LogP contribution < -0.4 is 5.32 Å². The number of carbonyl (C=O) groups is 3. The average molecular weight is 290 g/mol. The SMILES string of the molecule is CC(C)(C)N(C(=O)O)[C@@H]1CC(=O)c2ccccc2NC1=O. The number of ketones is 1. The molecule has 1 heterocycles. The molecule has 0 unspecified atom stereocenters. The minimum absolute atomic E-state index is 0.160. The van der Waals surface area contributed by atoms with Gasteiger partial charge in [0.05, 0.1) is 5.69 Å². The molecule has 1 aromatic carbocycles. The molecule has 0 saturated carbocycles. The fourth-order valence-electron chi connectivity index (χ4n) is 2.53. The number of anilines is 1. The molecule has 6 nitrogen and oxygen atoms in total. The highest BCUT2D eigenvalue weighted by molar-refractivity contribution is 6.11. The molecule has 6 heteroatoms. The quantitative estimate of drug-likeness (QED) is 0.831. The zero-order valence-electron chi connectivity index (χ0n) is 12.2. The number of carboxylic acid groups (broad SMARTS) is 1. The van der Waals surface area contributed by atoms with Crippen molar-refractivity contribution in [2.75, 3.05) is 5.32 Å². The molecule has 0 aliphatic carbocycles. The van der Waals surface area contributed by atoms with Crippen molar-refractivity contribution < 1.29 is 19.5 Å². The summed E-state index contributed by atoms with van der Waals surface area (Å²) in [5.41, 5.74) is 0.0480. The molecular weight excluding hydrogens is 272 g/mol. The topological polar surface area (TPSA) is 86.7 Å². The van der Waals surface area contributed by atoms with Crippen molar-refractivity contribution in [1.29, 1.82) is 0 Å².